The Morgan fingerprint density at radius 1 is 1.29 bits per heavy atom. The molecule has 1 aromatic rings. The molecule has 1 aromatic carbocycles. The van der Waals surface area contributed by atoms with Gasteiger partial charge < -0.3 is 5.32 Å². The average Bonchev–Trinajstić information content (AvgIpc) is 2.05. The largest absolute Gasteiger partial charge is 0.384 e. The third-order valence-corrected chi connectivity index (χ3v) is 2.87. The number of nitrogens with one attached hydrogen (secondary N) is 1. The van der Waals surface area contributed by atoms with E-state index < -0.39 is 0 Å². The summed E-state index contributed by atoms with van der Waals surface area (Å²) in [7, 11) is 0. The summed E-state index contributed by atoms with van der Waals surface area (Å²) in [5, 5.41) is 3.49. The molecule has 0 fully saturated rings. The molecule has 0 amide bonds. The minimum Gasteiger partial charge on any atom is -0.384 e. The van der Waals surface area contributed by atoms with Crippen LogP contribution in [0.15, 0.2) is 18.2 Å². The van der Waals surface area contributed by atoms with Crippen LogP contribution in [0.1, 0.15) is 26.3 Å². The summed E-state index contributed by atoms with van der Waals surface area (Å²) in [6, 6.07) is 6.50. The van der Waals surface area contributed by atoms with E-state index in [9.17, 15) is 0 Å². The van der Waals surface area contributed by atoms with Crippen molar-refractivity contribution in [3.8, 4) is 0 Å². The number of benzene rings is 1. The Hall–Kier alpha value is -0.250. The Balaban J connectivity index is 2.72. The second-order valence-corrected chi connectivity index (χ2v) is 6.06. The molecule has 0 saturated carbocycles. The summed E-state index contributed by atoms with van der Waals surface area (Å²) in [6.07, 6.45) is 0. The Kier molecular flexibility index (Phi) is 3.81. The number of rotatable bonds is 2. The lowest BCUT2D eigenvalue weighted by Gasteiger charge is -2.20. The molecule has 0 unspecified atom stereocenters. The average molecular weight is 303 g/mol. The van der Waals surface area contributed by atoms with Gasteiger partial charge in [-0.25, -0.2) is 0 Å². The fraction of sp³-hybridized carbons (Fsp3) is 0.500. The molecule has 0 aromatic heterocycles. The minimum atomic E-state index is 0.326. The van der Waals surface area contributed by atoms with Crippen molar-refractivity contribution in [1.82, 2.24) is 0 Å². The van der Waals surface area contributed by atoms with E-state index in [4.69, 9.17) is 0 Å². The summed E-state index contributed by atoms with van der Waals surface area (Å²) >= 11 is 2.37. The topological polar surface area (TPSA) is 12.0 Å². The standard InChI is InChI=1S/C12H18IN/c1-9-5-6-10(13)11(7-9)14-8-12(2,3)4/h5-7,14H,8H2,1-4H3. The van der Waals surface area contributed by atoms with Gasteiger partial charge in [-0.3, -0.25) is 0 Å². The highest BCUT2D eigenvalue weighted by Crippen LogP contribution is 2.21. The van der Waals surface area contributed by atoms with E-state index in [1.165, 1.54) is 14.8 Å². The van der Waals surface area contributed by atoms with Crippen molar-refractivity contribution in [2.75, 3.05) is 11.9 Å². The molecule has 14 heavy (non-hydrogen) atoms. The normalized spacial score (nSPS) is 11.5. The highest BCUT2D eigenvalue weighted by molar-refractivity contribution is 14.1. The highest BCUT2D eigenvalue weighted by Gasteiger charge is 2.10. The summed E-state index contributed by atoms with van der Waals surface area (Å²) in [4.78, 5) is 0. The molecule has 1 nitrogen and oxygen atoms in total. The van der Waals surface area contributed by atoms with Gasteiger partial charge >= 0.3 is 0 Å². The van der Waals surface area contributed by atoms with Gasteiger partial charge in [-0.15, -0.1) is 0 Å². The molecule has 0 aliphatic heterocycles. The van der Waals surface area contributed by atoms with Crippen molar-refractivity contribution in [2.24, 2.45) is 5.41 Å². The molecule has 0 aliphatic carbocycles. The number of halogens is 1. The van der Waals surface area contributed by atoms with Gasteiger partial charge in [0.2, 0.25) is 0 Å². The van der Waals surface area contributed by atoms with Gasteiger partial charge in [-0.2, -0.15) is 0 Å². The fourth-order valence-electron chi connectivity index (χ4n) is 1.13. The van der Waals surface area contributed by atoms with Gasteiger partial charge in [-0.1, -0.05) is 26.8 Å². The van der Waals surface area contributed by atoms with Crippen LogP contribution in [0.2, 0.25) is 0 Å². The van der Waals surface area contributed by atoms with Crippen LogP contribution in [0.25, 0.3) is 0 Å². The predicted molar refractivity (Wildman–Crippen MR) is 71.8 cm³/mol. The fourth-order valence-corrected chi connectivity index (χ4v) is 1.66. The van der Waals surface area contributed by atoms with Crippen LogP contribution in [0.5, 0.6) is 0 Å². The third kappa shape index (κ3) is 3.86. The van der Waals surface area contributed by atoms with Crippen LogP contribution in [-0.4, -0.2) is 6.54 Å². The van der Waals surface area contributed by atoms with Gasteiger partial charge in [-0.05, 0) is 52.6 Å². The van der Waals surface area contributed by atoms with Crippen molar-refractivity contribution in [3.63, 3.8) is 0 Å². The maximum Gasteiger partial charge on any atom is 0.0478 e. The predicted octanol–water partition coefficient (Wildman–Crippen LogP) is 4.06. The molecule has 1 N–H and O–H groups in total. The molecule has 1 rings (SSSR count). The highest BCUT2D eigenvalue weighted by atomic mass is 127. The summed E-state index contributed by atoms with van der Waals surface area (Å²) in [6.45, 7) is 9.85. The Morgan fingerprint density at radius 2 is 1.93 bits per heavy atom. The lowest BCUT2D eigenvalue weighted by molar-refractivity contribution is 0.443. The van der Waals surface area contributed by atoms with Crippen LogP contribution in [0.3, 0.4) is 0 Å². The molecular weight excluding hydrogens is 285 g/mol. The van der Waals surface area contributed by atoms with E-state index in [0.717, 1.165) is 6.54 Å². The Morgan fingerprint density at radius 3 is 2.50 bits per heavy atom. The zero-order valence-electron chi connectivity index (χ0n) is 9.32. The van der Waals surface area contributed by atoms with Crippen molar-refractivity contribution in [3.05, 3.63) is 27.3 Å². The third-order valence-electron chi connectivity index (χ3n) is 1.93. The first-order valence-electron chi connectivity index (χ1n) is 4.88. The molecule has 0 aliphatic rings. The summed E-state index contributed by atoms with van der Waals surface area (Å²) in [5.41, 5.74) is 2.88. The lowest BCUT2D eigenvalue weighted by Crippen LogP contribution is -2.19. The molecule has 0 atom stereocenters. The molecule has 0 radical (unpaired) electrons. The summed E-state index contributed by atoms with van der Waals surface area (Å²) < 4.78 is 1.29. The second kappa shape index (κ2) is 4.51. The molecule has 0 spiro atoms. The monoisotopic (exact) mass is 303 g/mol. The molecule has 0 saturated heterocycles. The summed E-state index contributed by atoms with van der Waals surface area (Å²) in [5.74, 6) is 0. The number of hydrogen-bond donors (Lipinski definition) is 1. The molecule has 78 valence electrons. The van der Waals surface area contributed by atoms with Gasteiger partial charge in [0, 0.05) is 15.8 Å². The smallest absolute Gasteiger partial charge is 0.0478 e. The van der Waals surface area contributed by atoms with Crippen molar-refractivity contribution in [2.45, 2.75) is 27.7 Å². The molecule has 0 heterocycles. The number of anilines is 1. The van der Waals surface area contributed by atoms with Crippen LogP contribution < -0.4 is 5.32 Å². The van der Waals surface area contributed by atoms with E-state index in [1.807, 2.05) is 0 Å². The maximum absolute atomic E-state index is 3.49. The van der Waals surface area contributed by atoms with Gasteiger partial charge in [0.1, 0.15) is 0 Å². The lowest BCUT2D eigenvalue weighted by atomic mass is 9.97. The molecular formula is C12H18IN. The zero-order valence-corrected chi connectivity index (χ0v) is 11.5. The Bertz CT molecular complexity index is 313. The van der Waals surface area contributed by atoms with Crippen LogP contribution in [0.4, 0.5) is 5.69 Å². The van der Waals surface area contributed by atoms with Crippen LogP contribution in [0, 0.1) is 15.9 Å². The van der Waals surface area contributed by atoms with Crippen molar-refractivity contribution >= 4 is 28.3 Å². The van der Waals surface area contributed by atoms with Crippen LogP contribution >= 0.6 is 22.6 Å². The second-order valence-electron chi connectivity index (χ2n) is 4.90. The van der Waals surface area contributed by atoms with E-state index in [-0.39, 0.29) is 0 Å². The van der Waals surface area contributed by atoms with Gasteiger partial charge in [0.05, 0.1) is 0 Å². The SMILES string of the molecule is Cc1ccc(I)c(NCC(C)(C)C)c1. The van der Waals surface area contributed by atoms with Gasteiger partial charge in [0.15, 0.2) is 0 Å². The Labute approximate surface area is 100 Å². The van der Waals surface area contributed by atoms with E-state index in [2.05, 4.69) is 73.8 Å². The van der Waals surface area contributed by atoms with Gasteiger partial charge in [0.25, 0.3) is 0 Å². The maximum atomic E-state index is 3.49. The first kappa shape index (κ1) is 11.8. The first-order valence-corrected chi connectivity index (χ1v) is 5.96. The van der Waals surface area contributed by atoms with E-state index in [0.29, 0.717) is 5.41 Å². The van der Waals surface area contributed by atoms with Crippen molar-refractivity contribution < 1.29 is 0 Å². The van der Waals surface area contributed by atoms with Crippen LogP contribution in [-0.2, 0) is 0 Å². The van der Waals surface area contributed by atoms with E-state index >= 15 is 0 Å². The van der Waals surface area contributed by atoms with Crippen molar-refractivity contribution in [1.29, 1.82) is 0 Å². The number of hydrogen-bond acceptors (Lipinski definition) is 1. The quantitative estimate of drug-likeness (QED) is 0.813. The zero-order chi connectivity index (χ0) is 10.8. The molecule has 0 bridgehead atoms. The minimum absolute atomic E-state index is 0.326. The first-order chi connectivity index (χ1) is 6.38. The van der Waals surface area contributed by atoms with E-state index in [1.54, 1.807) is 0 Å². The number of aryl methyl sites for hydroxylation is 1. The molecule has 2 heteroatoms.